The van der Waals surface area contributed by atoms with Crippen molar-refractivity contribution in [1.29, 1.82) is 0 Å². The lowest BCUT2D eigenvalue weighted by Crippen LogP contribution is -2.37. The summed E-state index contributed by atoms with van der Waals surface area (Å²) in [4.78, 5) is 24.1. The number of fused-ring (bicyclic) bond motifs is 2. The number of aryl methyl sites for hydroxylation is 2. The first-order chi connectivity index (χ1) is 12.7. The molecule has 2 amide bonds. The fraction of sp³-hybridized carbons (Fsp3) is 0.600. The summed E-state index contributed by atoms with van der Waals surface area (Å²) >= 11 is 0. The average Bonchev–Trinajstić information content (AvgIpc) is 3.20. The van der Waals surface area contributed by atoms with E-state index in [1.54, 1.807) is 0 Å². The average molecular weight is 393 g/mol. The van der Waals surface area contributed by atoms with E-state index in [4.69, 9.17) is 0 Å². The maximum atomic E-state index is 12.4. The minimum absolute atomic E-state index is 0.0725. The van der Waals surface area contributed by atoms with Crippen LogP contribution in [0, 0.1) is 5.92 Å². The van der Waals surface area contributed by atoms with E-state index in [9.17, 15) is 18.0 Å². The number of ketones is 1. The molecule has 3 rings (SSSR count). The summed E-state index contributed by atoms with van der Waals surface area (Å²) in [5.74, 6) is -0.273. The van der Waals surface area contributed by atoms with E-state index < -0.39 is 16.1 Å². The van der Waals surface area contributed by atoms with Crippen molar-refractivity contribution in [2.24, 2.45) is 5.92 Å². The van der Waals surface area contributed by atoms with E-state index in [0.29, 0.717) is 6.42 Å². The zero-order chi connectivity index (χ0) is 19.6. The molecule has 0 bridgehead atoms. The number of anilines is 1. The second-order valence-corrected chi connectivity index (χ2v) is 9.84. The second-order valence-electron chi connectivity index (χ2n) is 8.00. The molecule has 0 aromatic heterocycles. The van der Waals surface area contributed by atoms with Crippen LogP contribution in [0.25, 0.3) is 0 Å². The monoisotopic (exact) mass is 392 g/mol. The molecule has 0 radical (unpaired) electrons. The smallest absolute Gasteiger partial charge is 0.307 e. The van der Waals surface area contributed by atoms with Gasteiger partial charge in [-0.1, -0.05) is 19.9 Å². The molecular formula is C20H28N2O4S. The van der Waals surface area contributed by atoms with Crippen LogP contribution in [0.15, 0.2) is 6.07 Å². The number of nitrogens with one attached hydrogen (secondary N) is 2. The molecule has 2 aliphatic rings. The lowest BCUT2D eigenvalue weighted by Gasteiger charge is -2.16. The van der Waals surface area contributed by atoms with E-state index in [1.165, 1.54) is 11.1 Å². The van der Waals surface area contributed by atoms with Crippen molar-refractivity contribution in [3.63, 3.8) is 0 Å². The number of hydrogen-bond donors (Lipinski definition) is 2. The van der Waals surface area contributed by atoms with Crippen molar-refractivity contribution in [1.82, 2.24) is 4.72 Å². The van der Waals surface area contributed by atoms with Gasteiger partial charge in [-0.15, -0.1) is 0 Å². The number of Topliss-reactive ketones (excluding diaryl/α,β-unsaturated/α-hetero) is 1. The molecule has 0 fully saturated rings. The highest BCUT2D eigenvalue weighted by Gasteiger charge is 2.26. The standard InChI is InChI=1S/C20H28N2O4S/c1-13(2)11-16(23)9-10-27(25,26)22-20(24)21-19-17-7-3-5-14(17)12-15-6-4-8-18(15)19/h12-13H,3-11H2,1-2H3,(H2,21,22,24). The van der Waals surface area contributed by atoms with Gasteiger partial charge in [0.2, 0.25) is 10.0 Å². The molecule has 0 aliphatic heterocycles. The van der Waals surface area contributed by atoms with Crippen molar-refractivity contribution in [3.8, 4) is 0 Å². The first-order valence-corrected chi connectivity index (χ1v) is 11.4. The van der Waals surface area contributed by atoms with Gasteiger partial charge in [-0.25, -0.2) is 17.9 Å². The van der Waals surface area contributed by atoms with Gasteiger partial charge in [0, 0.05) is 18.5 Å². The number of amides is 2. The quantitative estimate of drug-likeness (QED) is 0.746. The fourth-order valence-electron chi connectivity index (χ4n) is 4.10. The Labute approximate surface area is 161 Å². The zero-order valence-corrected chi connectivity index (χ0v) is 16.9. The molecule has 0 spiro atoms. The van der Waals surface area contributed by atoms with Crippen LogP contribution >= 0.6 is 0 Å². The largest absolute Gasteiger partial charge is 0.332 e. The second kappa shape index (κ2) is 8.00. The van der Waals surface area contributed by atoms with Crippen molar-refractivity contribution in [2.75, 3.05) is 11.1 Å². The molecular weight excluding hydrogens is 364 g/mol. The van der Waals surface area contributed by atoms with Crippen molar-refractivity contribution in [2.45, 2.75) is 65.2 Å². The minimum Gasteiger partial charge on any atom is -0.307 e. The van der Waals surface area contributed by atoms with Crippen LogP contribution in [0.5, 0.6) is 0 Å². The van der Waals surface area contributed by atoms with Crippen LogP contribution in [0.3, 0.4) is 0 Å². The van der Waals surface area contributed by atoms with Gasteiger partial charge in [0.25, 0.3) is 0 Å². The molecule has 2 N–H and O–H groups in total. The predicted octanol–water partition coefficient (Wildman–Crippen LogP) is 3.12. The summed E-state index contributed by atoms with van der Waals surface area (Å²) in [6, 6.07) is 1.52. The van der Waals surface area contributed by atoms with Gasteiger partial charge in [-0.3, -0.25) is 4.79 Å². The Morgan fingerprint density at radius 2 is 1.63 bits per heavy atom. The number of hydrogen-bond acceptors (Lipinski definition) is 4. The maximum absolute atomic E-state index is 12.4. The Bertz CT molecular complexity index is 827. The lowest BCUT2D eigenvalue weighted by atomic mass is 9.99. The minimum atomic E-state index is -3.84. The predicted molar refractivity (Wildman–Crippen MR) is 106 cm³/mol. The van der Waals surface area contributed by atoms with Gasteiger partial charge in [-0.05, 0) is 66.7 Å². The van der Waals surface area contributed by atoms with Gasteiger partial charge in [-0.2, -0.15) is 0 Å². The topological polar surface area (TPSA) is 92.3 Å². The van der Waals surface area contributed by atoms with E-state index in [1.807, 2.05) is 13.8 Å². The molecule has 0 saturated heterocycles. The Hall–Kier alpha value is -1.89. The summed E-state index contributed by atoms with van der Waals surface area (Å²) in [6.07, 6.45) is 6.24. The Morgan fingerprint density at radius 3 is 2.19 bits per heavy atom. The normalized spacial score (nSPS) is 15.5. The number of benzene rings is 1. The highest BCUT2D eigenvalue weighted by atomic mass is 32.2. The van der Waals surface area contributed by atoms with E-state index >= 15 is 0 Å². The summed E-state index contributed by atoms with van der Waals surface area (Å²) in [5, 5.41) is 2.80. The van der Waals surface area contributed by atoms with Gasteiger partial charge in [0.05, 0.1) is 5.75 Å². The molecule has 1 aromatic carbocycles. The summed E-state index contributed by atoms with van der Waals surface area (Å²) in [5.41, 5.74) is 5.65. The van der Waals surface area contributed by atoms with Crippen LogP contribution in [0.1, 0.15) is 61.8 Å². The molecule has 27 heavy (non-hydrogen) atoms. The Kier molecular flexibility index (Phi) is 5.89. The molecule has 148 valence electrons. The van der Waals surface area contributed by atoms with Gasteiger partial charge >= 0.3 is 6.03 Å². The number of urea groups is 1. The summed E-state index contributed by atoms with van der Waals surface area (Å²) < 4.78 is 26.4. The van der Waals surface area contributed by atoms with Gasteiger partial charge in [0.1, 0.15) is 5.78 Å². The van der Waals surface area contributed by atoms with E-state index in [0.717, 1.165) is 55.3 Å². The molecule has 1 aromatic rings. The molecule has 0 saturated carbocycles. The number of sulfonamides is 1. The van der Waals surface area contributed by atoms with Crippen LogP contribution in [-0.2, 0) is 40.5 Å². The number of rotatable bonds is 7. The first-order valence-electron chi connectivity index (χ1n) is 9.75. The van der Waals surface area contributed by atoms with Crippen molar-refractivity contribution < 1.29 is 18.0 Å². The summed E-state index contributed by atoms with van der Waals surface area (Å²) in [6.45, 7) is 3.82. The van der Waals surface area contributed by atoms with E-state index in [-0.39, 0.29) is 23.9 Å². The number of carbonyl (C=O) groups excluding carboxylic acids is 2. The summed E-state index contributed by atoms with van der Waals surface area (Å²) in [7, 11) is -3.84. The van der Waals surface area contributed by atoms with Crippen molar-refractivity contribution in [3.05, 3.63) is 28.3 Å². The van der Waals surface area contributed by atoms with Crippen LogP contribution in [-0.4, -0.2) is 26.0 Å². The van der Waals surface area contributed by atoms with Crippen molar-refractivity contribution >= 4 is 27.5 Å². The van der Waals surface area contributed by atoms with Gasteiger partial charge in [0.15, 0.2) is 0 Å². The SMILES string of the molecule is CC(C)CC(=O)CCS(=O)(=O)NC(=O)Nc1c2c(cc3c1CCC3)CCC2. The third-order valence-electron chi connectivity index (χ3n) is 5.25. The maximum Gasteiger partial charge on any atom is 0.332 e. The van der Waals surface area contributed by atoms with E-state index in [2.05, 4.69) is 16.1 Å². The molecule has 2 aliphatic carbocycles. The lowest BCUT2D eigenvalue weighted by molar-refractivity contribution is -0.119. The Morgan fingerprint density at radius 1 is 1.04 bits per heavy atom. The van der Waals surface area contributed by atoms with Crippen LogP contribution in [0.2, 0.25) is 0 Å². The third kappa shape index (κ3) is 4.89. The molecule has 7 heteroatoms. The molecule has 6 nitrogen and oxygen atoms in total. The highest BCUT2D eigenvalue weighted by molar-refractivity contribution is 7.90. The fourth-order valence-corrected chi connectivity index (χ4v) is 5.04. The van der Waals surface area contributed by atoms with Crippen LogP contribution in [0.4, 0.5) is 10.5 Å². The molecule has 0 heterocycles. The van der Waals surface area contributed by atoms with Gasteiger partial charge < -0.3 is 5.32 Å². The molecule has 0 unspecified atom stereocenters. The Balaban J connectivity index is 1.66. The third-order valence-corrected chi connectivity index (χ3v) is 6.48. The molecule has 0 atom stereocenters. The number of carbonyl (C=O) groups is 2. The van der Waals surface area contributed by atoms with Crippen LogP contribution < -0.4 is 10.0 Å². The zero-order valence-electron chi connectivity index (χ0n) is 16.1. The highest BCUT2D eigenvalue weighted by Crippen LogP contribution is 2.38. The first kappa shape index (κ1) is 19.9.